The van der Waals surface area contributed by atoms with Gasteiger partial charge in [-0.1, -0.05) is 25.0 Å². The van der Waals surface area contributed by atoms with E-state index in [-0.39, 0.29) is 0 Å². The zero-order chi connectivity index (χ0) is 13.3. The summed E-state index contributed by atoms with van der Waals surface area (Å²) >= 11 is 0. The molecule has 102 valence electrons. The van der Waals surface area contributed by atoms with Crippen LogP contribution < -0.4 is 5.32 Å². The van der Waals surface area contributed by atoms with Gasteiger partial charge in [-0.2, -0.15) is 0 Å². The lowest BCUT2D eigenvalue weighted by atomic mass is 10.0. The highest BCUT2D eigenvalue weighted by molar-refractivity contribution is 5.75. The van der Waals surface area contributed by atoms with Gasteiger partial charge in [0.25, 0.3) is 0 Å². The molecule has 1 saturated carbocycles. The molecule has 1 aromatic heterocycles. The molecular weight excluding hydrogens is 238 g/mol. The van der Waals surface area contributed by atoms with E-state index in [1.54, 1.807) is 0 Å². The molecule has 2 aromatic rings. The van der Waals surface area contributed by atoms with Crippen LogP contribution in [-0.4, -0.2) is 26.8 Å². The lowest BCUT2D eigenvalue weighted by Crippen LogP contribution is -2.38. The first-order valence-corrected chi connectivity index (χ1v) is 7.01. The maximum absolute atomic E-state index is 10.3. The van der Waals surface area contributed by atoms with Crippen LogP contribution >= 0.6 is 0 Å². The van der Waals surface area contributed by atoms with Gasteiger partial charge in [-0.15, -0.1) is 0 Å². The number of para-hydroxylation sites is 2. The highest BCUT2D eigenvalue weighted by Crippen LogP contribution is 2.28. The Labute approximate surface area is 113 Å². The van der Waals surface area contributed by atoms with Gasteiger partial charge in [-0.25, -0.2) is 4.98 Å². The molecule has 1 aromatic carbocycles. The summed E-state index contributed by atoms with van der Waals surface area (Å²) in [6.45, 7) is 1.36. The highest BCUT2D eigenvalue weighted by Gasteiger charge is 2.30. The Balaban J connectivity index is 1.67. The van der Waals surface area contributed by atoms with Gasteiger partial charge in [0.15, 0.2) is 0 Å². The number of imidazole rings is 1. The van der Waals surface area contributed by atoms with Gasteiger partial charge >= 0.3 is 0 Å². The molecule has 1 aliphatic carbocycles. The third-order valence-electron chi connectivity index (χ3n) is 4.15. The summed E-state index contributed by atoms with van der Waals surface area (Å²) in [7, 11) is 2.04. The van der Waals surface area contributed by atoms with E-state index < -0.39 is 5.60 Å². The van der Waals surface area contributed by atoms with Gasteiger partial charge in [0.2, 0.25) is 0 Å². The minimum absolute atomic E-state index is 0.495. The van der Waals surface area contributed by atoms with Crippen molar-refractivity contribution in [3.63, 3.8) is 0 Å². The molecule has 1 aliphatic rings. The maximum atomic E-state index is 10.3. The lowest BCUT2D eigenvalue weighted by molar-refractivity contribution is 0.0473. The number of hydrogen-bond donors (Lipinski definition) is 2. The van der Waals surface area contributed by atoms with Crippen LogP contribution in [0.2, 0.25) is 0 Å². The van der Waals surface area contributed by atoms with Crippen molar-refractivity contribution < 1.29 is 5.11 Å². The normalized spacial score (nSPS) is 18.2. The molecule has 0 spiro atoms. The second kappa shape index (κ2) is 4.94. The molecule has 0 saturated heterocycles. The van der Waals surface area contributed by atoms with Crippen LogP contribution in [0.25, 0.3) is 11.0 Å². The molecule has 0 aliphatic heterocycles. The highest BCUT2D eigenvalue weighted by atomic mass is 16.3. The average molecular weight is 259 g/mol. The minimum Gasteiger partial charge on any atom is -0.389 e. The minimum atomic E-state index is -0.495. The number of hydrogen-bond acceptors (Lipinski definition) is 3. The van der Waals surface area contributed by atoms with E-state index in [0.29, 0.717) is 13.1 Å². The molecule has 19 heavy (non-hydrogen) atoms. The quantitative estimate of drug-likeness (QED) is 0.882. The van der Waals surface area contributed by atoms with Crippen molar-refractivity contribution in [1.82, 2.24) is 14.9 Å². The van der Waals surface area contributed by atoms with Crippen LogP contribution in [0.3, 0.4) is 0 Å². The molecule has 4 heteroatoms. The summed E-state index contributed by atoms with van der Waals surface area (Å²) in [4.78, 5) is 4.62. The third kappa shape index (κ3) is 2.51. The van der Waals surface area contributed by atoms with Crippen LogP contribution in [0.1, 0.15) is 31.5 Å². The molecule has 0 radical (unpaired) electrons. The second-order valence-electron chi connectivity index (χ2n) is 5.61. The van der Waals surface area contributed by atoms with Crippen molar-refractivity contribution in [3.8, 4) is 0 Å². The summed E-state index contributed by atoms with van der Waals surface area (Å²) in [5, 5.41) is 13.6. The van der Waals surface area contributed by atoms with Crippen LogP contribution in [-0.2, 0) is 13.6 Å². The van der Waals surface area contributed by atoms with E-state index in [1.807, 2.05) is 25.2 Å². The molecule has 1 heterocycles. The van der Waals surface area contributed by atoms with Crippen molar-refractivity contribution >= 4 is 11.0 Å². The standard InChI is InChI=1S/C15H21N3O/c1-18-13-7-3-2-6-12(13)17-14(18)10-16-11-15(19)8-4-5-9-15/h2-3,6-7,16,19H,4-5,8-11H2,1H3. The van der Waals surface area contributed by atoms with E-state index in [0.717, 1.165) is 42.5 Å². The molecule has 0 amide bonds. The Kier molecular flexibility index (Phi) is 3.29. The zero-order valence-electron chi connectivity index (χ0n) is 11.4. The van der Waals surface area contributed by atoms with E-state index in [4.69, 9.17) is 0 Å². The number of aryl methyl sites for hydroxylation is 1. The van der Waals surface area contributed by atoms with E-state index in [9.17, 15) is 5.11 Å². The number of nitrogens with one attached hydrogen (secondary N) is 1. The predicted molar refractivity (Wildman–Crippen MR) is 75.8 cm³/mol. The lowest BCUT2D eigenvalue weighted by Gasteiger charge is -2.22. The first-order valence-electron chi connectivity index (χ1n) is 7.01. The fourth-order valence-corrected chi connectivity index (χ4v) is 2.97. The monoisotopic (exact) mass is 259 g/mol. The number of fused-ring (bicyclic) bond motifs is 1. The van der Waals surface area contributed by atoms with Gasteiger partial charge in [0.1, 0.15) is 5.82 Å². The predicted octanol–water partition coefficient (Wildman–Crippen LogP) is 1.97. The molecule has 2 N–H and O–H groups in total. The smallest absolute Gasteiger partial charge is 0.123 e. The summed E-state index contributed by atoms with van der Waals surface area (Å²) in [5.41, 5.74) is 1.69. The molecule has 1 fully saturated rings. The van der Waals surface area contributed by atoms with Crippen LogP contribution in [0.4, 0.5) is 0 Å². The summed E-state index contributed by atoms with van der Waals surface area (Å²) in [5.74, 6) is 1.02. The van der Waals surface area contributed by atoms with Gasteiger partial charge in [-0.05, 0) is 25.0 Å². The number of rotatable bonds is 4. The van der Waals surface area contributed by atoms with Crippen LogP contribution in [0.5, 0.6) is 0 Å². The Hall–Kier alpha value is -1.39. The van der Waals surface area contributed by atoms with Gasteiger partial charge in [-0.3, -0.25) is 0 Å². The topological polar surface area (TPSA) is 50.1 Å². The molecule has 4 nitrogen and oxygen atoms in total. The van der Waals surface area contributed by atoms with Crippen molar-refractivity contribution in [2.45, 2.75) is 37.8 Å². The fraction of sp³-hybridized carbons (Fsp3) is 0.533. The molecule has 0 unspecified atom stereocenters. The largest absolute Gasteiger partial charge is 0.389 e. The fourth-order valence-electron chi connectivity index (χ4n) is 2.97. The average Bonchev–Trinajstić information content (AvgIpc) is 2.96. The van der Waals surface area contributed by atoms with Crippen LogP contribution in [0.15, 0.2) is 24.3 Å². The zero-order valence-corrected chi connectivity index (χ0v) is 11.4. The summed E-state index contributed by atoms with van der Waals surface area (Å²) in [6, 6.07) is 8.15. The first kappa shape index (κ1) is 12.6. The van der Waals surface area contributed by atoms with Gasteiger partial charge in [0.05, 0.1) is 23.2 Å². The molecule has 3 rings (SSSR count). The maximum Gasteiger partial charge on any atom is 0.123 e. The molecule has 0 atom stereocenters. The van der Waals surface area contributed by atoms with Gasteiger partial charge < -0.3 is 15.0 Å². The van der Waals surface area contributed by atoms with Crippen molar-refractivity contribution in [2.75, 3.05) is 6.54 Å². The molecular formula is C15H21N3O. The van der Waals surface area contributed by atoms with Crippen molar-refractivity contribution in [1.29, 1.82) is 0 Å². The van der Waals surface area contributed by atoms with Crippen molar-refractivity contribution in [2.24, 2.45) is 7.05 Å². The van der Waals surface area contributed by atoms with E-state index in [1.165, 1.54) is 0 Å². The molecule has 0 bridgehead atoms. The number of nitrogens with zero attached hydrogens (tertiary/aromatic N) is 2. The summed E-state index contributed by atoms with van der Waals surface area (Å²) < 4.78 is 2.11. The summed E-state index contributed by atoms with van der Waals surface area (Å²) in [6.07, 6.45) is 4.13. The number of benzene rings is 1. The van der Waals surface area contributed by atoms with Crippen LogP contribution in [0, 0.1) is 0 Å². The second-order valence-corrected chi connectivity index (χ2v) is 5.61. The SMILES string of the molecule is Cn1c(CNCC2(O)CCCC2)nc2ccccc21. The number of aliphatic hydroxyl groups is 1. The Bertz CT molecular complexity index is 570. The Morgan fingerprint density at radius 1 is 1.32 bits per heavy atom. The number of aromatic nitrogens is 2. The first-order chi connectivity index (χ1) is 9.18. The van der Waals surface area contributed by atoms with Gasteiger partial charge in [0, 0.05) is 13.6 Å². The Morgan fingerprint density at radius 2 is 2.05 bits per heavy atom. The Morgan fingerprint density at radius 3 is 2.79 bits per heavy atom. The van der Waals surface area contributed by atoms with Crippen molar-refractivity contribution in [3.05, 3.63) is 30.1 Å². The van der Waals surface area contributed by atoms with E-state index in [2.05, 4.69) is 20.9 Å². The van der Waals surface area contributed by atoms with E-state index >= 15 is 0 Å². The third-order valence-corrected chi connectivity index (χ3v) is 4.15.